The molecule has 0 unspecified atom stereocenters. The Morgan fingerprint density at radius 2 is 1.61 bits per heavy atom. The topological polar surface area (TPSA) is 47.7 Å². The van der Waals surface area contributed by atoms with Crippen LogP contribution in [0.5, 0.6) is 5.75 Å². The number of benzene rings is 3. The van der Waals surface area contributed by atoms with Crippen LogP contribution in [-0.2, 0) is 13.0 Å². The monoisotopic (exact) mass is 503 g/mol. The Labute approximate surface area is 223 Å². The fourth-order valence-corrected chi connectivity index (χ4v) is 5.64. The van der Waals surface area contributed by atoms with Crippen molar-refractivity contribution in [2.24, 2.45) is 0 Å². The van der Waals surface area contributed by atoms with Crippen LogP contribution in [0.15, 0.2) is 72.9 Å². The summed E-state index contributed by atoms with van der Waals surface area (Å²) in [7, 11) is 1.64. The summed E-state index contributed by atoms with van der Waals surface area (Å²) < 4.78 is 9.86. The van der Waals surface area contributed by atoms with Gasteiger partial charge in [0.15, 0.2) is 0 Å². The normalized spacial score (nSPS) is 12.9. The summed E-state index contributed by atoms with van der Waals surface area (Å²) in [6.07, 6.45) is 5.30. The average Bonchev–Trinajstić information content (AvgIpc) is 3.34. The number of aryl methyl sites for hydroxylation is 5. The van der Waals surface area contributed by atoms with Gasteiger partial charge in [0.05, 0.1) is 12.8 Å². The number of methoxy groups -OCH3 is 1. The van der Waals surface area contributed by atoms with Gasteiger partial charge in [0.2, 0.25) is 0 Å². The maximum atomic E-state index is 14.1. The minimum Gasteiger partial charge on any atom is -0.497 e. The molecule has 0 saturated heterocycles. The Bertz CT molecular complexity index is 1650. The fourth-order valence-electron chi connectivity index (χ4n) is 5.64. The summed E-state index contributed by atoms with van der Waals surface area (Å²) in [4.78, 5) is 14.1. The molecule has 5 heteroatoms. The molecule has 1 amide bonds. The molecular weight excluding hydrogens is 470 g/mol. The molecule has 5 aromatic rings. The van der Waals surface area contributed by atoms with Gasteiger partial charge in [-0.3, -0.25) is 9.20 Å². The summed E-state index contributed by atoms with van der Waals surface area (Å²) in [6.45, 7) is 7.33. The molecule has 192 valence electrons. The number of nitrogens with zero attached hydrogens (tertiary/aromatic N) is 2. The first-order valence-corrected chi connectivity index (χ1v) is 13.3. The first-order valence-electron chi connectivity index (χ1n) is 13.3. The number of anilines is 1. The van der Waals surface area contributed by atoms with Gasteiger partial charge < -0.3 is 14.6 Å². The summed E-state index contributed by atoms with van der Waals surface area (Å²) in [6, 6.07) is 22.7. The number of carbonyl (C=O) groups is 1. The van der Waals surface area contributed by atoms with Gasteiger partial charge in [-0.25, -0.2) is 0 Å². The summed E-state index contributed by atoms with van der Waals surface area (Å²) >= 11 is 0. The van der Waals surface area contributed by atoms with Crippen molar-refractivity contribution in [1.82, 2.24) is 8.97 Å². The highest BCUT2D eigenvalue weighted by atomic mass is 16.5. The number of hydrogen-bond acceptors (Lipinski definition) is 2. The zero-order valence-corrected chi connectivity index (χ0v) is 22.5. The second-order valence-electron chi connectivity index (χ2n) is 10.4. The first-order chi connectivity index (χ1) is 18.4. The Hall–Kier alpha value is -4.25. The third-order valence-corrected chi connectivity index (χ3v) is 7.84. The van der Waals surface area contributed by atoms with E-state index in [2.05, 4.69) is 83.7 Å². The van der Waals surface area contributed by atoms with E-state index in [1.165, 1.54) is 27.8 Å². The maximum absolute atomic E-state index is 14.1. The van der Waals surface area contributed by atoms with E-state index in [1.807, 2.05) is 24.3 Å². The molecule has 0 spiro atoms. The van der Waals surface area contributed by atoms with Gasteiger partial charge in [-0.2, -0.15) is 0 Å². The van der Waals surface area contributed by atoms with Crippen LogP contribution in [0.25, 0.3) is 28.0 Å². The van der Waals surface area contributed by atoms with Crippen molar-refractivity contribution in [1.29, 1.82) is 0 Å². The fraction of sp³-hybridized carbons (Fsp3) is 0.242. The standard InChI is InChI=1S/C33H33N3O2/c1-21-8-11-24(12-9-21)30-28-7-5-6-18-35-29(25-13-10-22(2)23(3)19-25)20-36(33(28)35)31(30)32(37)34-26-14-16-27(38-4)17-15-26/h8-17,19-20H,5-7,18H2,1-4H3,(H,34,37). The molecule has 0 saturated carbocycles. The zero-order chi connectivity index (χ0) is 26.4. The number of aromatic nitrogens is 2. The van der Waals surface area contributed by atoms with Crippen LogP contribution >= 0.6 is 0 Å². The van der Waals surface area contributed by atoms with E-state index in [0.29, 0.717) is 5.69 Å². The lowest BCUT2D eigenvalue weighted by atomic mass is 9.97. The summed E-state index contributed by atoms with van der Waals surface area (Å²) in [5, 5.41) is 3.16. The van der Waals surface area contributed by atoms with E-state index in [9.17, 15) is 4.79 Å². The molecule has 0 radical (unpaired) electrons. The van der Waals surface area contributed by atoms with Crippen molar-refractivity contribution in [2.45, 2.75) is 46.6 Å². The van der Waals surface area contributed by atoms with Crippen molar-refractivity contribution in [3.63, 3.8) is 0 Å². The lowest BCUT2D eigenvalue weighted by molar-refractivity contribution is 0.102. The molecule has 0 fully saturated rings. The number of carbonyl (C=O) groups excluding carboxylic acids is 1. The Morgan fingerprint density at radius 3 is 2.32 bits per heavy atom. The Kier molecular flexibility index (Phi) is 6.07. The van der Waals surface area contributed by atoms with Crippen molar-refractivity contribution in [3.05, 3.63) is 101 Å². The van der Waals surface area contributed by atoms with Gasteiger partial charge in [0.25, 0.3) is 5.91 Å². The largest absolute Gasteiger partial charge is 0.497 e. The van der Waals surface area contributed by atoms with Crippen LogP contribution in [-0.4, -0.2) is 22.0 Å². The SMILES string of the molecule is COc1ccc(NC(=O)c2c(-c3ccc(C)cc3)c3c4n(c(-c5ccc(C)c(C)c5)cn24)CCCC3)cc1. The van der Waals surface area contributed by atoms with Crippen molar-refractivity contribution < 1.29 is 9.53 Å². The minimum atomic E-state index is -0.114. The van der Waals surface area contributed by atoms with Crippen LogP contribution in [0.2, 0.25) is 0 Å². The van der Waals surface area contributed by atoms with Gasteiger partial charge >= 0.3 is 0 Å². The lowest BCUT2D eigenvalue weighted by Crippen LogP contribution is -2.15. The van der Waals surface area contributed by atoms with Crippen LogP contribution < -0.4 is 10.1 Å². The molecule has 0 atom stereocenters. The van der Waals surface area contributed by atoms with E-state index in [1.54, 1.807) is 7.11 Å². The smallest absolute Gasteiger partial charge is 0.273 e. The molecule has 1 aliphatic rings. The number of nitrogens with one attached hydrogen (secondary N) is 1. The van der Waals surface area contributed by atoms with Crippen molar-refractivity contribution >= 4 is 17.2 Å². The van der Waals surface area contributed by atoms with E-state index >= 15 is 0 Å². The molecule has 6 rings (SSSR count). The van der Waals surface area contributed by atoms with Crippen LogP contribution in [0, 0.1) is 20.8 Å². The molecule has 0 aliphatic carbocycles. The highest BCUT2D eigenvalue weighted by Crippen LogP contribution is 2.40. The lowest BCUT2D eigenvalue weighted by Gasteiger charge is -2.11. The molecule has 0 bridgehead atoms. The van der Waals surface area contributed by atoms with Gasteiger partial charge in [-0.05, 0) is 92.6 Å². The Balaban J connectivity index is 1.58. The molecule has 1 N–H and O–H groups in total. The molecule has 3 heterocycles. The van der Waals surface area contributed by atoms with Gasteiger partial charge in [0, 0.05) is 29.6 Å². The second-order valence-corrected chi connectivity index (χ2v) is 10.4. The van der Waals surface area contributed by atoms with Crippen LogP contribution in [0.4, 0.5) is 5.69 Å². The van der Waals surface area contributed by atoms with E-state index < -0.39 is 0 Å². The molecule has 38 heavy (non-hydrogen) atoms. The zero-order valence-electron chi connectivity index (χ0n) is 22.5. The summed E-state index contributed by atoms with van der Waals surface area (Å²) in [5.74, 6) is 0.643. The van der Waals surface area contributed by atoms with Crippen molar-refractivity contribution in [2.75, 3.05) is 12.4 Å². The van der Waals surface area contributed by atoms with Gasteiger partial charge in [-0.1, -0.05) is 42.0 Å². The number of ether oxygens (including phenoxy) is 1. The maximum Gasteiger partial charge on any atom is 0.273 e. The van der Waals surface area contributed by atoms with Crippen LogP contribution in [0.1, 0.15) is 45.6 Å². The second kappa shape index (κ2) is 9.56. The Morgan fingerprint density at radius 1 is 0.868 bits per heavy atom. The van der Waals surface area contributed by atoms with Gasteiger partial charge in [-0.15, -0.1) is 0 Å². The van der Waals surface area contributed by atoms with E-state index in [4.69, 9.17) is 4.74 Å². The summed E-state index contributed by atoms with van der Waals surface area (Å²) in [5.41, 5.74) is 12.0. The highest BCUT2D eigenvalue weighted by molar-refractivity contribution is 6.10. The highest BCUT2D eigenvalue weighted by Gasteiger charge is 2.29. The van der Waals surface area contributed by atoms with Crippen LogP contribution in [0.3, 0.4) is 0 Å². The minimum absolute atomic E-state index is 0.114. The first kappa shape index (κ1) is 24.1. The van der Waals surface area contributed by atoms with E-state index in [-0.39, 0.29) is 5.91 Å². The van der Waals surface area contributed by atoms with Gasteiger partial charge in [0.1, 0.15) is 17.1 Å². The molecule has 1 aliphatic heterocycles. The molecule has 3 aromatic carbocycles. The van der Waals surface area contributed by atoms with Crippen molar-refractivity contribution in [3.8, 4) is 28.1 Å². The quantitative estimate of drug-likeness (QED) is 0.268. The third-order valence-electron chi connectivity index (χ3n) is 7.84. The predicted octanol–water partition coefficient (Wildman–Crippen LogP) is 7.60. The predicted molar refractivity (Wildman–Crippen MR) is 154 cm³/mol. The number of rotatable bonds is 5. The van der Waals surface area contributed by atoms with E-state index in [0.717, 1.165) is 59.7 Å². The third kappa shape index (κ3) is 4.08. The average molecular weight is 504 g/mol. The molecular formula is C33H33N3O2. The number of imidazole rings is 1. The number of hydrogen-bond donors (Lipinski definition) is 1. The number of amides is 1. The molecule has 5 nitrogen and oxygen atoms in total. The molecule has 2 aromatic heterocycles.